The molecule has 0 radical (unpaired) electrons. The summed E-state index contributed by atoms with van der Waals surface area (Å²) in [5.74, 6) is 0. The minimum absolute atomic E-state index is 0.316. The van der Waals surface area contributed by atoms with E-state index in [4.69, 9.17) is 23.2 Å². The van der Waals surface area contributed by atoms with Crippen LogP contribution in [0.4, 0.5) is 5.69 Å². The summed E-state index contributed by atoms with van der Waals surface area (Å²) in [6.07, 6.45) is 0. The van der Waals surface area contributed by atoms with E-state index in [9.17, 15) is 0 Å². The molecule has 1 atom stereocenters. The Labute approximate surface area is 135 Å². The highest BCUT2D eigenvalue weighted by Gasteiger charge is 2.22. The van der Waals surface area contributed by atoms with Crippen molar-refractivity contribution in [3.05, 3.63) is 63.6 Å². The molecule has 1 N–H and O–H groups in total. The van der Waals surface area contributed by atoms with E-state index in [1.165, 1.54) is 5.56 Å². The van der Waals surface area contributed by atoms with Crippen molar-refractivity contribution in [3.63, 3.8) is 0 Å². The molecule has 0 amide bonds. The monoisotopic (exact) mass is 320 g/mol. The normalized spacial score (nSPS) is 18.8. The van der Waals surface area contributed by atoms with Gasteiger partial charge in [0.1, 0.15) is 0 Å². The number of piperazine rings is 1. The lowest BCUT2D eigenvalue weighted by Gasteiger charge is -2.36. The molecule has 0 aliphatic carbocycles. The van der Waals surface area contributed by atoms with Crippen LogP contribution in [-0.2, 0) is 0 Å². The van der Waals surface area contributed by atoms with Crippen molar-refractivity contribution in [3.8, 4) is 0 Å². The van der Waals surface area contributed by atoms with Crippen LogP contribution in [0.1, 0.15) is 17.2 Å². The first-order valence-electron chi connectivity index (χ1n) is 7.14. The maximum absolute atomic E-state index is 6.41. The van der Waals surface area contributed by atoms with Gasteiger partial charge in [0.2, 0.25) is 0 Å². The van der Waals surface area contributed by atoms with Crippen LogP contribution < -0.4 is 10.2 Å². The Morgan fingerprint density at radius 1 is 1.10 bits per heavy atom. The van der Waals surface area contributed by atoms with Crippen molar-refractivity contribution < 1.29 is 0 Å². The summed E-state index contributed by atoms with van der Waals surface area (Å²) in [7, 11) is 0. The molecule has 21 heavy (non-hydrogen) atoms. The topological polar surface area (TPSA) is 15.3 Å². The molecule has 1 saturated heterocycles. The van der Waals surface area contributed by atoms with Gasteiger partial charge < -0.3 is 10.2 Å². The Bertz CT molecular complexity index is 628. The zero-order valence-corrected chi connectivity index (χ0v) is 13.5. The van der Waals surface area contributed by atoms with E-state index in [1.54, 1.807) is 0 Å². The lowest BCUT2D eigenvalue weighted by Crippen LogP contribution is -2.46. The van der Waals surface area contributed by atoms with Crippen LogP contribution in [-0.4, -0.2) is 19.6 Å². The highest BCUT2D eigenvalue weighted by Crippen LogP contribution is 2.33. The zero-order valence-electron chi connectivity index (χ0n) is 11.9. The van der Waals surface area contributed by atoms with Gasteiger partial charge in [0.05, 0.1) is 10.7 Å². The van der Waals surface area contributed by atoms with Gasteiger partial charge in [-0.25, -0.2) is 0 Å². The number of benzene rings is 2. The lowest BCUT2D eigenvalue weighted by molar-refractivity contribution is 0.472. The summed E-state index contributed by atoms with van der Waals surface area (Å²) >= 11 is 12.7. The van der Waals surface area contributed by atoms with Crippen LogP contribution >= 0.6 is 23.2 Å². The summed E-state index contributed by atoms with van der Waals surface area (Å²) in [4.78, 5) is 2.31. The second kappa shape index (κ2) is 6.27. The number of hydrogen-bond acceptors (Lipinski definition) is 2. The number of halogens is 2. The Kier molecular flexibility index (Phi) is 4.39. The number of aryl methyl sites for hydroxylation is 1. The minimum atomic E-state index is 0.316. The Hall–Kier alpha value is -1.22. The largest absolute Gasteiger partial charge is 0.367 e. The fourth-order valence-electron chi connectivity index (χ4n) is 2.76. The van der Waals surface area contributed by atoms with Gasteiger partial charge in [0, 0.05) is 30.7 Å². The maximum atomic E-state index is 6.41. The van der Waals surface area contributed by atoms with Crippen LogP contribution in [0.25, 0.3) is 0 Å². The average Bonchev–Trinajstić information content (AvgIpc) is 2.52. The number of nitrogens with one attached hydrogen (secondary N) is 1. The van der Waals surface area contributed by atoms with Crippen LogP contribution in [0.3, 0.4) is 0 Å². The Morgan fingerprint density at radius 2 is 1.86 bits per heavy atom. The number of nitrogens with zero attached hydrogens (tertiary/aromatic N) is 1. The molecule has 3 rings (SSSR count). The molecular formula is C17H18Cl2N2. The molecule has 1 aliphatic heterocycles. The van der Waals surface area contributed by atoms with Crippen LogP contribution in [0.5, 0.6) is 0 Å². The van der Waals surface area contributed by atoms with Crippen molar-refractivity contribution in [1.82, 2.24) is 5.32 Å². The Balaban J connectivity index is 1.85. The van der Waals surface area contributed by atoms with Crippen molar-refractivity contribution in [2.75, 3.05) is 24.5 Å². The van der Waals surface area contributed by atoms with Gasteiger partial charge in [0.15, 0.2) is 0 Å². The molecule has 0 saturated carbocycles. The van der Waals surface area contributed by atoms with Crippen LogP contribution in [0.15, 0.2) is 42.5 Å². The quantitative estimate of drug-likeness (QED) is 0.879. The zero-order chi connectivity index (χ0) is 14.8. The maximum Gasteiger partial charge on any atom is 0.0643 e. The molecule has 110 valence electrons. The first-order chi connectivity index (χ1) is 10.1. The van der Waals surface area contributed by atoms with Gasteiger partial charge in [0.25, 0.3) is 0 Å². The van der Waals surface area contributed by atoms with Crippen molar-refractivity contribution in [2.45, 2.75) is 13.0 Å². The van der Waals surface area contributed by atoms with E-state index in [0.29, 0.717) is 6.04 Å². The van der Waals surface area contributed by atoms with Gasteiger partial charge >= 0.3 is 0 Å². The molecule has 1 heterocycles. The summed E-state index contributed by atoms with van der Waals surface area (Å²) in [6, 6.07) is 14.7. The predicted octanol–water partition coefficient (Wildman–Crippen LogP) is 4.45. The van der Waals surface area contributed by atoms with E-state index in [2.05, 4.69) is 34.5 Å². The first kappa shape index (κ1) is 14.7. The van der Waals surface area contributed by atoms with E-state index in [-0.39, 0.29) is 0 Å². The van der Waals surface area contributed by atoms with Gasteiger partial charge in [-0.1, -0.05) is 53.5 Å². The molecule has 0 spiro atoms. The van der Waals surface area contributed by atoms with Gasteiger partial charge in [-0.15, -0.1) is 0 Å². The SMILES string of the molecule is Cc1cc(Cl)c(N2CCNC(c3ccccc3)C2)cc1Cl. The number of anilines is 1. The molecule has 0 bridgehead atoms. The van der Waals surface area contributed by atoms with E-state index in [0.717, 1.165) is 40.9 Å². The van der Waals surface area contributed by atoms with E-state index >= 15 is 0 Å². The summed E-state index contributed by atoms with van der Waals surface area (Å²) in [5.41, 5.74) is 3.34. The highest BCUT2D eigenvalue weighted by molar-refractivity contribution is 6.35. The summed E-state index contributed by atoms with van der Waals surface area (Å²) in [6.45, 7) is 4.73. The third-order valence-corrected chi connectivity index (χ3v) is 4.66. The standard InChI is InChI=1S/C17H18Cl2N2/c1-12-9-15(19)17(10-14(12)18)21-8-7-20-16(11-21)13-5-3-2-4-6-13/h2-6,9-10,16,20H,7-8,11H2,1H3. The lowest BCUT2D eigenvalue weighted by atomic mass is 10.0. The number of hydrogen-bond donors (Lipinski definition) is 1. The fraction of sp³-hybridized carbons (Fsp3) is 0.294. The first-order valence-corrected chi connectivity index (χ1v) is 7.89. The molecule has 1 fully saturated rings. The third-order valence-electron chi connectivity index (χ3n) is 3.95. The van der Waals surface area contributed by atoms with Crippen molar-refractivity contribution in [2.24, 2.45) is 0 Å². The van der Waals surface area contributed by atoms with E-state index in [1.807, 2.05) is 25.1 Å². The second-order valence-corrected chi connectivity index (χ2v) is 6.23. The van der Waals surface area contributed by atoms with Gasteiger partial charge in [-0.3, -0.25) is 0 Å². The summed E-state index contributed by atoms with van der Waals surface area (Å²) < 4.78 is 0. The highest BCUT2D eigenvalue weighted by atomic mass is 35.5. The molecule has 1 unspecified atom stereocenters. The molecule has 2 nitrogen and oxygen atoms in total. The van der Waals surface area contributed by atoms with E-state index < -0.39 is 0 Å². The molecule has 0 aromatic heterocycles. The number of rotatable bonds is 2. The van der Waals surface area contributed by atoms with Crippen molar-refractivity contribution >= 4 is 28.9 Å². The van der Waals surface area contributed by atoms with Crippen molar-refractivity contribution in [1.29, 1.82) is 0 Å². The average molecular weight is 321 g/mol. The fourth-order valence-corrected chi connectivity index (χ4v) is 3.25. The van der Waals surface area contributed by atoms with Gasteiger partial charge in [-0.2, -0.15) is 0 Å². The molecule has 2 aromatic rings. The molecule has 1 aliphatic rings. The van der Waals surface area contributed by atoms with Gasteiger partial charge in [-0.05, 0) is 30.2 Å². The minimum Gasteiger partial charge on any atom is -0.367 e. The van der Waals surface area contributed by atoms with Crippen LogP contribution in [0, 0.1) is 6.92 Å². The third kappa shape index (κ3) is 3.18. The molecular weight excluding hydrogens is 303 g/mol. The predicted molar refractivity (Wildman–Crippen MR) is 90.6 cm³/mol. The smallest absolute Gasteiger partial charge is 0.0643 e. The van der Waals surface area contributed by atoms with Crippen LogP contribution in [0.2, 0.25) is 10.0 Å². The molecule has 2 aromatic carbocycles. The Morgan fingerprint density at radius 3 is 2.62 bits per heavy atom. The summed E-state index contributed by atoms with van der Waals surface area (Å²) in [5, 5.41) is 5.10. The molecule has 4 heteroatoms. The second-order valence-electron chi connectivity index (χ2n) is 5.42.